The molecule has 4 aromatic rings. The molecule has 0 bridgehead atoms. The van der Waals surface area contributed by atoms with Crippen molar-refractivity contribution in [3.63, 3.8) is 0 Å². The number of nitrogens with zero attached hydrogens (tertiary/aromatic N) is 4. The maximum absolute atomic E-state index is 5.92. The van der Waals surface area contributed by atoms with Crippen molar-refractivity contribution in [3.05, 3.63) is 84.6 Å². The van der Waals surface area contributed by atoms with Gasteiger partial charge in [0.25, 0.3) is 0 Å². The number of pyridine rings is 2. The third kappa shape index (κ3) is 3.16. The third-order valence-corrected chi connectivity index (χ3v) is 5.09. The number of ether oxygens (including phenoxy) is 1. The van der Waals surface area contributed by atoms with Crippen LogP contribution < -0.4 is 4.74 Å². The molecule has 5 rings (SSSR count). The first-order chi connectivity index (χ1) is 13.9. The summed E-state index contributed by atoms with van der Waals surface area (Å²) in [5.41, 5.74) is 6.95. The molecule has 0 radical (unpaired) electrons. The summed E-state index contributed by atoms with van der Waals surface area (Å²) >= 11 is 0. The van der Waals surface area contributed by atoms with Crippen LogP contribution in [0.3, 0.4) is 0 Å². The number of aryl methyl sites for hydroxylation is 1. The Morgan fingerprint density at radius 3 is 2.29 bits per heavy atom. The van der Waals surface area contributed by atoms with E-state index in [-0.39, 0.29) is 0 Å². The van der Waals surface area contributed by atoms with Crippen LogP contribution in [-0.2, 0) is 19.6 Å². The second-order valence-electron chi connectivity index (χ2n) is 6.90. The summed E-state index contributed by atoms with van der Waals surface area (Å²) in [7, 11) is 0. The van der Waals surface area contributed by atoms with Crippen molar-refractivity contribution >= 4 is 0 Å². The van der Waals surface area contributed by atoms with Gasteiger partial charge in [0.15, 0.2) is 0 Å². The molecule has 5 nitrogen and oxygen atoms in total. The molecule has 0 N–H and O–H groups in total. The smallest absolute Gasteiger partial charge is 0.119 e. The van der Waals surface area contributed by atoms with Crippen molar-refractivity contribution in [2.75, 3.05) is 0 Å². The van der Waals surface area contributed by atoms with Crippen LogP contribution in [0, 0.1) is 0 Å². The SMILES string of the molecule is c1cc(COc2ccc(-c3c(-c4ccncc4)nn4c3CCC4)cc2)ccn1. The first-order valence-corrected chi connectivity index (χ1v) is 9.51. The molecule has 0 spiro atoms. The fourth-order valence-electron chi connectivity index (χ4n) is 3.71. The summed E-state index contributed by atoms with van der Waals surface area (Å²) in [5.74, 6) is 0.856. The molecule has 28 heavy (non-hydrogen) atoms. The number of aromatic nitrogens is 4. The average molecular weight is 368 g/mol. The van der Waals surface area contributed by atoms with Crippen molar-refractivity contribution in [1.82, 2.24) is 19.7 Å². The predicted octanol–water partition coefficient (Wildman–Crippen LogP) is 4.53. The maximum atomic E-state index is 5.92. The molecular weight excluding hydrogens is 348 g/mol. The van der Waals surface area contributed by atoms with E-state index in [9.17, 15) is 0 Å². The number of fused-ring (bicyclic) bond motifs is 1. The van der Waals surface area contributed by atoms with Crippen LogP contribution in [-0.4, -0.2) is 19.7 Å². The molecule has 1 aliphatic rings. The highest BCUT2D eigenvalue weighted by Crippen LogP contribution is 2.37. The van der Waals surface area contributed by atoms with Crippen LogP contribution in [0.2, 0.25) is 0 Å². The van der Waals surface area contributed by atoms with Gasteiger partial charge < -0.3 is 4.74 Å². The van der Waals surface area contributed by atoms with Gasteiger partial charge in [0.2, 0.25) is 0 Å². The molecule has 0 fully saturated rings. The van der Waals surface area contributed by atoms with Crippen LogP contribution in [0.25, 0.3) is 22.4 Å². The molecule has 4 heterocycles. The van der Waals surface area contributed by atoms with Gasteiger partial charge in [-0.3, -0.25) is 14.6 Å². The lowest BCUT2D eigenvalue weighted by atomic mass is 9.98. The van der Waals surface area contributed by atoms with Gasteiger partial charge in [-0.2, -0.15) is 5.10 Å². The van der Waals surface area contributed by atoms with Crippen LogP contribution in [0.1, 0.15) is 17.7 Å². The van der Waals surface area contributed by atoms with Gasteiger partial charge in [0.1, 0.15) is 18.1 Å². The molecule has 138 valence electrons. The zero-order valence-electron chi connectivity index (χ0n) is 15.5. The normalized spacial score (nSPS) is 12.7. The Bertz CT molecular complexity index is 1070. The highest BCUT2D eigenvalue weighted by Gasteiger charge is 2.23. The predicted molar refractivity (Wildman–Crippen MR) is 108 cm³/mol. The van der Waals surface area contributed by atoms with Crippen LogP contribution >= 0.6 is 0 Å². The molecule has 0 saturated carbocycles. The van der Waals surface area contributed by atoms with E-state index in [2.05, 4.69) is 26.8 Å². The molecule has 0 amide bonds. The van der Waals surface area contributed by atoms with Gasteiger partial charge in [-0.1, -0.05) is 12.1 Å². The lowest BCUT2D eigenvalue weighted by molar-refractivity contribution is 0.306. The monoisotopic (exact) mass is 368 g/mol. The van der Waals surface area contributed by atoms with E-state index in [1.54, 1.807) is 12.4 Å². The summed E-state index contributed by atoms with van der Waals surface area (Å²) < 4.78 is 8.07. The summed E-state index contributed by atoms with van der Waals surface area (Å²) in [4.78, 5) is 8.17. The van der Waals surface area contributed by atoms with E-state index >= 15 is 0 Å². The van der Waals surface area contributed by atoms with Gasteiger partial charge in [-0.25, -0.2) is 0 Å². The number of hydrogen-bond donors (Lipinski definition) is 0. The van der Waals surface area contributed by atoms with Crippen molar-refractivity contribution in [2.24, 2.45) is 0 Å². The Balaban J connectivity index is 1.45. The third-order valence-electron chi connectivity index (χ3n) is 5.09. The Morgan fingerprint density at radius 1 is 0.821 bits per heavy atom. The molecule has 0 saturated heterocycles. The van der Waals surface area contributed by atoms with E-state index in [0.717, 1.165) is 42.0 Å². The minimum absolute atomic E-state index is 0.535. The largest absolute Gasteiger partial charge is 0.489 e. The second-order valence-corrected chi connectivity index (χ2v) is 6.90. The Hall–Kier alpha value is -3.47. The van der Waals surface area contributed by atoms with E-state index < -0.39 is 0 Å². The fourth-order valence-corrected chi connectivity index (χ4v) is 3.71. The summed E-state index contributed by atoms with van der Waals surface area (Å²) in [6.45, 7) is 1.52. The first kappa shape index (κ1) is 16.7. The van der Waals surface area contributed by atoms with Crippen molar-refractivity contribution < 1.29 is 4.74 Å². The standard InChI is InChI=1S/C23H20N4O/c1-2-21-22(23(26-27(21)15-1)19-9-13-25-14-10-19)18-3-5-20(6-4-18)28-16-17-7-11-24-12-8-17/h3-14H,1-2,15-16H2. The first-order valence-electron chi connectivity index (χ1n) is 9.51. The number of rotatable bonds is 5. The summed E-state index contributed by atoms with van der Waals surface area (Å²) in [6.07, 6.45) is 9.41. The quantitative estimate of drug-likeness (QED) is 0.519. The van der Waals surface area contributed by atoms with Crippen LogP contribution in [0.4, 0.5) is 0 Å². The lowest BCUT2D eigenvalue weighted by Gasteiger charge is -2.09. The molecule has 1 aromatic carbocycles. The highest BCUT2D eigenvalue weighted by molar-refractivity contribution is 5.83. The zero-order chi connectivity index (χ0) is 18.8. The van der Waals surface area contributed by atoms with E-state index in [4.69, 9.17) is 9.84 Å². The summed E-state index contributed by atoms with van der Waals surface area (Å²) in [5, 5.41) is 4.89. The van der Waals surface area contributed by atoms with E-state index in [1.807, 2.05) is 48.8 Å². The van der Waals surface area contributed by atoms with Crippen LogP contribution in [0.5, 0.6) is 5.75 Å². The van der Waals surface area contributed by atoms with Gasteiger partial charge in [-0.15, -0.1) is 0 Å². The Labute approximate surface area is 163 Å². The molecule has 1 aliphatic heterocycles. The van der Waals surface area contributed by atoms with Crippen molar-refractivity contribution in [3.8, 4) is 28.1 Å². The Kier molecular flexibility index (Phi) is 4.33. The van der Waals surface area contributed by atoms with Gasteiger partial charge in [0, 0.05) is 48.2 Å². The zero-order valence-corrected chi connectivity index (χ0v) is 15.5. The topological polar surface area (TPSA) is 52.8 Å². The molecule has 5 heteroatoms. The lowest BCUT2D eigenvalue weighted by Crippen LogP contribution is -1.95. The molecule has 0 atom stereocenters. The van der Waals surface area contributed by atoms with Crippen molar-refractivity contribution in [2.45, 2.75) is 26.0 Å². The minimum atomic E-state index is 0.535. The number of hydrogen-bond acceptors (Lipinski definition) is 4. The van der Waals surface area contributed by atoms with Gasteiger partial charge in [0.05, 0.1) is 0 Å². The molecule has 0 aliphatic carbocycles. The average Bonchev–Trinajstić information content (AvgIpc) is 3.35. The molecule has 0 unspecified atom stereocenters. The summed E-state index contributed by atoms with van der Waals surface area (Å²) in [6, 6.07) is 16.3. The van der Waals surface area contributed by atoms with E-state index in [0.29, 0.717) is 6.61 Å². The van der Waals surface area contributed by atoms with Crippen LogP contribution in [0.15, 0.2) is 73.3 Å². The fraction of sp³-hybridized carbons (Fsp3) is 0.174. The highest BCUT2D eigenvalue weighted by atomic mass is 16.5. The van der Waals surface area contributed by atoms with E-state index in [1.165, 1.54) is 16.8 Å². The maximum Gasteiger partial charge on any atom is 0.119 e. The van der Waals surface area contributed by atoms with Gasteiger partial charge in [-0.05, 0) is 60.4 Å². The van der Waals surface area contributed by atoms with Crippen molar-refractivity contribution in [1.29, 1.82) is 0 Å². The van der Waals surface area contributed by atoms with Gasteiger partial charge >= 0.3 is 0 Å². The molecule has 3 aromatic heterocycles. The Morgan fingerprint density at radius 2 is 1.54 bits per heavy atom. The molecular formula is C23H20N4O. The second kappa shape index (κ2) is 7.27. The minimum Gasteiger partial charge on any atom is -0.489 e. The number of benzene rings is 1.